The Morgan fingerprint density at radius 1 is 1.44 bits per heavy atom. The van der Waals surface area contributed by atoms with Gasteiger partial charge < -0.3 is 14.8 Å². The van der Waals surface area contributed by atoms with Crippen LogP contribution >= 0.6 is 22.6 Å². The summed E-state index contributed by atoms with van der Waals surface area (Å²) in [6.07, 6.45) is 2.40. The Balaban J connectivity index is 1.92. The van der Waals surface area contributed by atoms with Crippen molar-refractivity contribution in [2.75, 3.05) is 13.7 Å². The summed E-state index contributed by atoms with van der Waals surface area (Å²) < 4.78 is 13.1. The molecule has 4 heteroatoms. The second kappa shape index (κ2) is 6.73. The minimum atomic E-state index is 0.173. The van der Waals surface area contributed by atoms with Crippen molar-refractivity contribution in [3.8, 4) is 5.75 Å². The van der Waals surface area contributed by atoms with Gasteiger partial charge in [0.1, 0.15) is 18.0 Å². The lowest BCUT2D eigenvalue weighted by atomic mass is 9.85. The summed E-state index contributed by atoms with van der Waals surface area (Å²) in [5, 5.41) is 3.28. The average Bonchev–Trinajstić information content (AvgIpc) is 2.34. The third-order valence-electron chi connectivity index (χ3n) is 3.22. The average molecular weight is 361 g/mol. The van der Waals surface area contributed by atoms with Crippen LogP contribution in [-0.2, 0) is 4.74 Å². The van der Waals surface area contributed by atoms with Gasteiger partial charge in [0.2, 0.25) is 0 Å². The Kier molecular flexibility index (Phi) is 5.26. The van der Waals surface area contributed by atoms with E-state index in [1.807, 2.05) is 19.2 Å². The molecule has 1 aromatic rings. The fourth-order valence-electron chi connectivity index (χ4n) is 2.17. The van der Waals surface area contributed by atoms with Crippen LogP contribution in [-0.4, -0.2) is 31.9 Å². The molecular weight excluding hydrogens is 341 g/mol. The van der Waals surface area contributed by atoms with Gasteiger partial charge in [0.25, 0.3) is 0 Å². The minimum Gasteiger partial charge on any atom is -0.488 e. The van der Waals surface area contributed by atoms with E-state index in [4.69, 9.17) is 9.47 Å². The molecule has 0 saturated heterocycles. The lowest BCUT2D eigenvalue weighted by Crippen LogP contribution is -2.60. The fraction of sp³-hybridized carbons (Fsp3) is 0.571. The van der Waals surface area contributed by atoms with Gasteiger partial charge in [-0.15, -0.1) is 0 Å². The maximum atomic E-state index is 6.00. The van der Waals surface area contributed by atoms with E-state index in [9.17, 15) is 0 Å². The van der Waals surface area contributed by atoms with Crippen LogP contribution in [0.2, 0.25) is 0 Å². The first kappa shape index (κ1) is 14.1. The van der Waals surface area contributed by atoms with Crippen molar-refractivity contribution in [3.63, 3.8) is 0 Å². The zero-order chi connectivity index (χ0) is 13.0. The van der Waals surface area contributed by atoms with Crippen molar-refractivity contribution < 1.29 is 9.47 Å². The molecule has 1 aliphatic carbocycles. The smallest absolute Gasteiger partial charge is 0.128 e. The highest BCUT2D eigenvalue weighted by molar-refractivity contribution is 14.1. The first-order valence-electron chi connectivity index (χ1n) is 6.45. The normalized spacial score (nSPS) is 26.7. The second-order valence-electron chi connectivity index (χ2n) is 4.58. The van der Waals surface area contributed by atoms with Crippen molar-refractivity contribution >= 4 is 22.6 Å². The lowest BCUT2D eigenvalue weighted by molar-refractivity contribution is -0.106. The van der Waals surface area contributed by atoms with Crippen LogP contribution in [0.1, 0.15) is 19.8 Å². The summed E-state index contributed by atoms with van der Waals surface area (Å²) in [6, 6.07) is 8.57. The number of hydrogen-bond acceptors (Lipinski definition) is 3. The number of rotatable bonds is 6. The van der Waals surface area contributed by atoms with Crippen LogP contribution in [0.5, 0.6) is 5.75 Å². The summed E-state index contributed by atoms with van der Waals surface area (Å²) in [5.41, 5.74) is 0. The summed E-state index contributed by atoms with van der Waals surface area (Å²) in [4.78, 5) is 0. The molecule has 0 heterocycles. The lowest BCUT2D eigenvalue weighted by Gasteiger charge is -2.43. The van der Waals surface area contributed by atoms with Crippen molar-refractivity contribution in [1.82, 2.24) is 5.32 Å². The largest absolute Gasteiger partial charge is 0.488 e. The van der Waals surface area contributed by atoms with Crippen LogP contribution < -0.4 is 10.1 Å². The van der Waals surface area contributed by atoms with Gasteiger partial charge >= 0.3 is 0 Å². The van der Waals surface area contributed by atoms with Gasteiger partial charge in [-0.25, -0.2) is 0 Å². The van der Waals surface area contributed by atoms with E-state index >= 15 is 0 Å². The highest BCUT2D eigenvalue weighted by Crippen LogP contribution is 2.29. The van der Waals surface area contributed by atoms with Gasteiger partial charge in [-0.2, -0.15) is 0 Å². The molecule has 0 bridgehead atoms. The number of ether oxygens (including phenoxy) is 2. The molecule has 2 rings (SSSR count). The summed E-state index contributed by atoms with van der Waals surface area (Å²) >= 11 is 2.30. The molecule has 100 valence electrons. The molecule has 0 spiro atoms. The summed E-state index contributed by atoms with van der Waals surface area (Å²) in [6.45, 7) is 2.93. The molecule has 0 aromatic heterocycles. The van der Waals surface area contributed by atoms with Gasteiger partial charge in [-0.1, -0.05) is 13.0 Å². The highest BCUT2D eigenvalue weighted by Gasteiger charge is 2.42. The molecule has 0 aliphatic heterocycles. The van der Waals surface area contributed by atoms with Crippen molar-refractivity contribution in [3.05, 3.63) is 27.8 Å². The standard InChI is InChI=1S/C14H20INO2/c1-3-7-17-14-12(16-2)9-13(14)18-11-6-4-5-10(15)8-11/h4-6,8,12-14,16H,3,7,9H2,1-2H3. The van der Waals surface area contributed by atoms with Gasteiger partial charge in [0.15, 0.2) is 0 Å². The molecule has 3 nitrogen and oxygen atoms in total. The third-order valence-corrected chi connectivity index (χ3v) is 3.89. The molecule has 3 atom stereocenters. The van der Waals surface area contributed by atoms with Crippen LogP contribution in [0.3, 0.4) is 0 Å². The molecule has 18 heavy (non-hydrogen) atoms. The molecule has 1 N–H and O–H groups in total. The summed E-state index contributed by atoms with van der Waals surface area (Å²) in [7, 11) is 1.98. The number of benzene rings is 1. The maximum absolute atomic E-state index is 6.00. The molecule has 3 unspecified atom stereocenters. The Hall–Kier alpha value is -0.330. The van der Waals surface area contributed by atoms with Crippen LogP contribution in [0, 0.1) is 3.57 Å². The van der Waals surface area contributed by atoms with Crippen molar-refractivity contribution in [1.29, 1.82) is 0 Å². The predicted molar refractivity (Wildman–Crippen MR) is 81.1 cm³/mol. The van der Waals surface area contributed by atoms with E-state index in [1.54, 1.807) is 0 Å². The third kappa shape index (κ3) is 3.36. The van der Waals surface area contributed by atoms with Crippen molar-refractivity contribution in [2.45, 2.75) is 38.0 Å². The number of likely N-dealkylation sites (N-methyl/N-ethyl adjacent to an activating group) is 1. The quantitative estimate of drug-likeness (QED) is 0.791. The van der Waals surface area contributed by atoms with Gasteiger partial charge in [-0.3, -0.25) is 0 Å². The zero-order valence-corrected chi connectivity index (χ0v) is 13.0. The first-order chi connectivity index (χ1) is 8.74. The Morgan fingerprint density at radius 2 is 2.28 bits per heavy atom. The van der Waals surface area contributed by atoms with E-state index < -0.39 is 0 Å². The zero-order valence-electron chi connectivity index (χ0n) is 10.9. The molecular formula is C14H20INO2. The Labute approximate surface area is 122 Å². The van der Waals surface area contributed by atoms with E-state index in [2.05, 4.69) is 47.0 Å². The van der Waals surface area contributed by atoms with Crippen LogP contribution in [0.25, 0.3) is 0 Å². The fourth-order valence-corrected chi connectivity index (χ4v) is 2.69. The minimum absolute atomic E-state index is 0.173. The maximum Gasteiger partial charge on any atom is 0.128 e. The van der Waals surface area contributed by atoms with Gasteiger partial charge in [0.05, 0.1) is 0 Å². The van der Waals surface area contributed by atoms with Crippen molar-refractivity contribution in [2.24, 2.45) is 0 Å². The van der Waals surface area contributed by atoms with Gasteiger partial charge in [-0.05, 0) is 54.3 Å². The highest BCUT2D eigenvalue weighted by atomic mass is 127. The Bertz CT molecular complexity index is 386. The molecule has 0 amide bonds. The first-order valence-corrected chi connectivity index (χ1v) is 7.53. The van der Waals surface area contributed by atoms with Gasteiger partial charge in [0, 0.05) is 22.6 Å². The van der Waals surface area contributed by atoms with Crippen LogP contribution in [0.4, 0.5) is 0 Å². The molecule has 1 aliphatic rings. The molecule has 1 saturated carbocycles. The van der Waals surface area contributed by atoms with Crippen LogP contribution in [0.15, 0.2) is 24.3 Å². The van der Waals surface area contributed by atoms with E-state index in [0.717, 1.165) is 25.2 Å². The number of hydrogen-bond donors (Lipinski definition) is 1. The Morgan fingerprint density at radius 3 is 2.94 bits per heavy atom. The topological polar surface area (TPSA) is 30.5 Å². The van der Waals surface area contributed by atoms with E-state index in [1.165, 1.54) is 3.57 Å². The summed E-state index contributed by atoms with van der Waals surface area (Å²) in [5.74, 6) is 0.937. The predicted octanol–water partition coefficient (Wildman–Crippen LogP) is 2.83. The molecule has 0 radical (unpaired) electrons. The molecule has 1 fully saturated rings. The number of nitrogens with one attached hydrogen (secondary N) is 1. The SMILES string of the molecule is CCCOC1C(NC)CC1Oc1cccc(I)c1. The number of halogens is 1. The molecule has 1 aromatic carbocycles. The monoisotopic (exact) mass is 361 g/mol. The second-order valence-corrected chi connectivity index (χ2v) is 5.83. The van der Waals surface area contributed by atoms with E-state index in [0.29, 0.717) is 6.04 Å². The van der Waals surface area contributed by atoms with E-state index in [-0.39, 0.29) is 12.2 Å².